The topological polar surface area (TPSA) is 42.4 Å². The van der Waals surface area contributed by atoms with Crippen LogP contribution in [0.2, 0.25) is 0 Å². The van der Waals surface area contributed by atoms with Gasteiger partial charge in [-0.25, -0.2) is 0 Å². The Hall–Kier alpha value is -1.09. The minimum atomic E-state index is 0.292. The zero-order chi connectivity index (χ0) is 7.84. The number of aromatic nitrogens is 1. The fraction of sp³-hybridized carbons (Fsp3) is 0.375. The fourth-order valence-electron chi connectivity index (χ4n) is 1.23. The van der Waals surface area contributed by atoms with Gasteiger partial charge in [-0.15, -0.1) is 0 Å². The van der Waals surface area contributed by atoms with Gasteiger partial charge in [0.1, 0.15) is 5.75 Å². The quantitative estimate of drug-likeness (QED) is 0.604. The molecule has 1 aliphatic rings. The molecule has 3 nitrogen and oxygen atoms in total. The number of ether oxygens (including phenoxy) is 1. The number of pyridine rings is 1. The summed E-state index contributed by atoms with van der Waals surface area (Å²) in [5.74, 6) is 0.292. The van der Waals surface area contributed by atoms with E-state index in [1.54, 1.807) is 13.1 Å². The predicted octanol–water partition coefficient (Wildman–Crippen LogP) is 1.13. The van der Waals surface area contributed by atoms with Crippen molar-refractivity contribution in [2.75, 3.05) is 0 Å². The molecule has 0 spiro atoms. The highest BCUT2D eigenvalue weighted by Gasteiger charge is 2.16. The normalized spacial score (nSPS) is 15.0. The minimum absolute atomic E-state index is 0.292. The average Bonchev–Trinajstić information content (AvgIpc) is 2.45. The summed E-state index contributed by atoms with van der Waals surface area (Å²) in [4.78, 5) is 4.02. The molecule has 1 aromatic heterocycles. The number of rotatable bonds is 0. The largest absolute Gasteiger partial charge is 0.506 e. The van der Waals surface area contributed by atoms with Crippen LogP contribution in [0.5, 0.6) is 5.75 Å². The average molecular weight is 151 g/mol. The van der Waals surface area contributed by atoms with Gasteiger partial charge in [0, 0.05) is 17.3 Å². The van der Waals surface area contributed by atoms with E-state index in [0.29, 0.717) is 24.7 Å². The fourth-order valence-corrected chi connectivity index (χ4v) is 1.23. The molecule has 0 aliphatic carbocycles. The van der Waals surface area contributed by atoms with Crippen LogP contribution in [0.1, 0.15) is 16.8 Å². The van der Waals surface area contributed by atoms with E-state index in [1.165, 1.54) is 0 Å². The van der Waals surface area contributed by atoms with Gasteiger partial charge >= 0.3 is 0 Å². The minimum Gasteiger partial charge on any atom is -0.506 e. The van der Waals surface area contributed by atoms with Crippen molar-refractivity contribution in [3.05, 3.63) is 23.0 Å². The van der Waals surface area contributed by atoms with Crippen molar-refractivity contribution in [1.29, 1.82) is 0 Å². The van der Waals surface area contributed by atoms with E-state index in [0.717, 1.165) is 11.1 Å². The lowest BCUT2D eigenvalue weighted by Gasteiger charge is -2.01. The molecule has 0 atom stereocenters. The van der Waals surface area contributed by atoms with Gasteiger partial charge in [0.05, 0.1) is 18.9 Å². The van der Waals surface area contributed by atoms with Crippen LogP contribution < -0.4 is 0 Å². The van der Waals surface area contributed by atoms with Crippen LogP contribution in [0, 0.1) is 6.92 Å². The Morgan fingerprint density at radius 2 is 2.36 bits per heavy atom. The molecule has 3 heteroatoms. The number of fused-ring (bicyclic) bond motifs is 1. The van der Waals surface area contributed by atoms with Gasteiger partial charge < -0.3 is 9.84 Å². The van der Waals surface area contributed by atoms with Crippen LogP contribution in [-0.2, 0) is 18.0 Å². The molecule has 1 aromatic rings. The van der Waals surface area contributed by atoms with Crippen molar-refractivity contribution in [1.82, 2.24) is 4.98 Å². The molecule has 0 saturated carbocycles. The molecular formula is C8H9NO2. The lowest BCUT2D eigenvalue weighted by atomic mass is 10.1. The maximum absolute atomic E-state index is 9.48. The lowest BCUT2D eigenvalue weighted by molar-refractivity contribution is 0.133. The van der Waals surface area contributed by atoms with Gasteiger partial charge in [-0.3, -0.25) is 4.98 Å². The summed E-state index contributed by atoms with van der Waals surface area (Å²) in [5.41, 5.74) is 2.58. The zero-order valence-corrected chi connectivity index (χ0v) is 6.29. The molecule has 0 unspecified atom stereocenters. The van der Waals surface area contributed by atoms with E-state index in [-0.39, 0.29) is 0 Å². The summed E-state index contributed by atoms with van der Waals surface area (Å²) in [6.45, 7) is 2.88. The second kappa shape index (κ2) is 2.20. The van der Waals surface area contributed by atoms with Gasteiger partial charge in [-0.1, -0.05) is 0 Å². The number of hydrogen-bond donors (Lipinski definition) is 1. The highest BCUT2D eigenvalue weighted by atomic mass is 16.5. The summed E-state index contributed by atoms with van der Waals surface area (Å²) in [7, 11) is 0. The van der Waals surface area contributed by atoms with Crippen molar-refractivity contribution in [2.45, 2.75) is 20.1 Å². The molecule has 0 bridgehead atoms. The number of aromatic hydroxyl groups is 1. The van der Waals surface area contributed by atoms with E-state index >= 15 is 0 Å². The maximum atomic E-state index is 9.48. The molecule has 1 N–H and O–H groups in total. The standard InChI is InChI=1S/C8H9NO2/c1-5-8(10)7-4-11-3-6(7)2-9-5/h2,10H,3-4H2,1H3. The third-order valence-electron chi connectivity index (χ3n) is 1.93. The summed E-state index contributed by atoms with van der Waals surface area (Å²) >= 11 is 0. The van der Waals surface area contributed by atoms with E-state index < -0.39 is 0 Å². The van der Waals surface area contributed by atoms with E-state index in [2.05, 4.69) is 4.98 Å². The van der Waals surface area contributed by atoms with Gasteiger partial charge in [0.25, 0.3) is 0 Å². The van der Waals surface area contributed by atoms with Crippen LogP contribution in [0.25, 0.3) is 0 Å². The summed E-state index contributed by atoms with van der Waals surface area (Å²) in [6, 6.07) is 0. The smallest absolute Gasteiger partial charge is 0.142 e. The molecule has 2 rings (SSSR count). The number of nitrogens with zero attached hydrogens (tertiary/aromatic N) is 1. The monoisotopic (exact) mass is 151 g/mol. The molecule has 58 valence electrons. The lowest BCUT2D eigenvalue weighted by Crippen LogP contribution is -1.89. The SMILES string of the molecule is Cc1ncc2c(c1O)COC2. The molecule has 0 amide bonds. The first-order valence-corrected chi connectivity index (χ1v) is 3.53. The second-order valence-corrected chi connectivity index (χ2v) is 2.69. The molecule has 11 heavy (non-hydrogen) atoms. The first kappa shape index (κ1) is 6.61. The third-order valence-corrected chi connectivity index (χ3v) is 1.93. The zero-order valence-electron chi connectivity index (χ0n) is 6.29. The summed E-state index contributed by atoms with van der Waals surface area (Å²) < 4.78 is 5.15. The first-order valence-electron chi connectivity index (χ1n) is 3.53. The summed E-state index contributed by atoms with van der Waals surface area (Å²) in [5, 5.41) is 9.48. The Morgan fingerprint density at radius 3 is 3.18 bits per heavy atom. The molecule has 0 aromatic carbocycles. The third kappa shape index (κ3) is 0.886. The molecule has 0 saturated heterocycles. The van der Waals surface area contributed by atoms with E-state index in [4.69, 9.17) is 4.74 Å². The molecule has 0 radical (unpaired) electrons. The number of hydrogen-bond acceptors (Lipinski definition) is 3. The van der Waals surface area contributed by atoms with Crippen molar-refractivity contribution < 1.29 is 9.84 Å². The Labute approximate surface area is 64.6 Å². The second-order valence-electron chi connectivity index (χ2n) is 2.69. The Kier molecular flexibility index (Phi) is 1.32. The maximum Gasteiger partial charge on any atom is 0.142 e. The molecule has 0 fully saturated rings. The highest BCUT2D eigenvalue weighted by Crippen LogP contribution is 2.29. The van der Waals surface area contributed by atoms with Crippen molar-refractivity contribution >= 4 is 0 Å². The Morgan fingerprint density at radius 1 is 1.55 bits per heavy atom. The first-order chi connectivity index (χ1) is 5.29. The number of aryl methyl sites for hydroxylation is 1. The van der Waals surface area contributed by atoms with Crippen molar-refractivity contribution in [3.63, 3.8) is 0 Å². The summed E-state index contributed by atoms with van der Waals surface area (Å²) in [6.07, 6.45) is 1.76. The van der Waals surface area contributed by atoms with Crippen LogP contribution >= 0.6 is 0 Å². The predicted molar refractivity (Wildman–Crippen MR) is 39.1 cm³/mol. The van der Waals surface area contributed by atoms with Crippen molar-refractivity contribution in [2.24, 2.45) is 0 Å². The molecule has 1 aliphatic heterocycles. The molecule has 2 heterocycles. The van der Waals surface area contributed by atoms with Crippen molar-refractivity contribution in [3.8, 4) is 5.75 Å². The van der Waals surface area contributed by atoms with Crippen LogP contribution in [0.15, 0.2) is 6.20 Å². The van der Waals surface area contributed by atoms with Gasteiger partial charge in [-0.2, -0.15) is 0 Å². The van der Waals surface area contributed by atoms with E-state index in [9.17, 15) is 5.11 Å². The van der Waals surface area contributed by atoms with E-state index in [1.807, 2.05) is 0 Å². The van der Waals surface area contributed by atoms with Gasteiger partial charge in [0.2, 0.25) is 0 Å². The van der Waals surface area contributed by atoms with Gasteiger partial charge in [0.15, 0.2) is 0 Å². The van der Waals surface area contributed by atoms with Gasteiger partial charge in [-0.05, 0) is 6.92 Å². The molecular weight excluding hydrogens is 142 g/mol. The van der Waals surface area contributed by atoms with Crippen LogP contribution in [0.4, 0.5) is 0 Å². The van der Waals surface area contributed by atoms with Crippen LogP contribution in [0.3, 0.4) is 0 Å². The Balaban J connectivity index is 2.62. The highest BCUT2D eigenvalue weighted by molar-refractivity contribution is 5.41. The Bertz CT molecular complexity index is 296. The van der Waals surface area contributed by atoms with Crippen LogP contribution in [-0.4, -0.2) is 10.1 Å².